The number of pyridine rings is 2. The molecule has 1 aromatic carbocycles. The number of nitrogens with two attached hydrogens (primary N) is 1. The molecule has 39 heavy (non-hydrogen) atoms. The number of carbonyl (C=O) groups is 1. The molecular formula is C29H40N4O5S. The van der Waals surface area contributed by atoms with Crippen molar-refractivity contribution in [2.24, 2.45) is 5.92 Å². The van der Waals surface area contributed by atoms with Crippen LogP contribution in [0.15, 0.2) is 59.8 Å². The number of benzene rings is 1. The number of Topliss-reactive ketones (excluding diaryl/α,β-unsaturated/α-hetero) is 1. The van der Waals surface area contributed by atoms with Gasteiger partial charge in [0.05, 0.1) is 25.4 Å². The summed E-state index contributed by atoms with van der Waals surface area (Å²) in [4.78, 5) is 24.5. The number of sulfone groups is 1. The molecule has 0 saturated carbocycles. The van der Waals surface area contributed by atoms with Gasteiger partial charge in [-0.25, -0.2) is 18.4 Å². The van der Waals surface area contributed by atoms with Gasteiger partial charge in [-0.3, -0.25) is 4.79 Å². The van der Waals surface area contributed by atoms with Crippen molar-refractivity contribution in [2.45, 2.75) is 44.4 Å². The number of nitrogens with zero attached hydrogens (tertiary/aromatic N) is 3. The first kappa shape index (κ1) is 28.7. The van der Waals surface area contributed by atoms with Crippen LogP contribution in [0.25, 0.3) is 11.1 Å². The number of hydrogen-bond acceptors (Lipinski definition) is 9. The minimum Gasteiger partial charge on any atom is -0.384 e. The van der Waals surface area contributed by atoms with Crippen LogP contribution in [0, 0.1) is 5.92 Å². The molecule has 0 bridgehead atoms. The summed E-state index contributed by atoms with van der Waals surface area (Å²) in [6.45, 7) is 8.51. The summed E-state index contributed by atoms with van der Waals surface area (Å²) in [5, 5.41) is -0.224. The fourth-order valence-corrected chi connectivity index (χ4v) is 6.28. The van der Waals surface area contributed by atoms with Gasteiger partial charge in [0, 0.05) is 33.8 Å². The average molecular weight is 557 g/mol. The highest BCUT2D eigenvalue weighted by Crippen LogP contribution is 2.38. The standard InChI is InChI=1S/C29H36N4O5S.2H2/c1-20-15-29(2,3)33(17-20)28-24(25(34)19-39(35,36)27-10-6-9-26(30)32-27)14-23(16-31-28)22-8-5-7-21(13-22)18-38-12-11-37-4;;/h5-10,13-14,16,20H,11-12,15,17-19H2,1-4H3,(H2,30,32);2*1H. The smallest absolute Gasteiger partial charge is 0.203 e. The van der Waals surface area contributed by atoms with E-state index < -0.39 is 21.4 Å². The molecule has 0 spiro atoms. The Morgan fingerprint density at radius 1 is 1.15 bits per heavy atom. The van der Waals surface area contributed by atoms with Crippen molar-refractivity contribution in [1.82, 2.24) is 9.97 Å². The highest BCUT2D eigenvalue weighted by atomic mass is 32.2. The van der Waals surface area contributed by atoms with Gasteiger partial charge in [0.15, 0.2) is 10.8 Å². The Morgan fingerprint density at radius 3 is 2.62 bits per heavy atom. The summed E-state index contributed by atoms with van der Waals surface area (Å²) >= 11 is 0. The summed E-state index contributed by atoms with van der Waals surface area (Å²) in [7, 11) is -2.40. The lowest BCUT2D eigenvalue weighted by Crippen LogP contribution is -2.40. The van der Waals surface area contributed by atoms with Gasteiger partial charge in [0.1, 0.15) is 17.4 Å². The molecule has 0 aliphatic carbocycles. The predicted molar refractivity (Wildman–Crippen MR) is 156 cm³/mol. The van der Waals surface area contributed by atoms with Crippen molar-refractivity contribution in [3.8, 4) is 11.1 Å². The van der Waals surface area contributed by atoms with Gasteiger partial charge < -0.3 is 20.1 Å². The molecule has 212 valence electrons. The maximum Gasteiger partial charge on any atom is 0.203 e. The molecule has 4 rings (SSSR count). The number of rotatable bonds is 11. The third-order valence-electron chi connectivity index (χ3n) is 6.84. The van der Waals surface area contributed by atoms with Gasteiger partial charge in [-0.2, -0.15) is 0 Å². The monoisotopic (exact) mass is 556 g/mol. The van der Waals surface area contributed by atoms with Gasteiger partial charge in [-0.15, -0.1) is 0 Å². The Bertz CT molecular complexity index is 1450. The first-order valence-corrected chi connectivity index (χ1v) is 14.6. The van der Waals surface area contributed by atoms with E-state index in [-0.39, 0.29) is 24.8 Å². The zero-order valence-electron chi connectivity index (χ0n) is 22.9. The second-order valence-electron chi connectivity index (χ2n) is 10.7. The number of carbonyl (C=O) groups excluding carboxylic acids is 1. The van der Waals surface area contributed by atoms with Crippen LogP contribution in [-0.4, -0.2) is 62.3 Å². The van der Waals surface area contributed by atoms with Gasteiger partial charge in [0.2, 0.25) is 9.84 Å². The minimum atomic E-state index is -4.02. The van der Waals surface area contributed by atoms with E-state index in [0.717, 1.165) is 24.1 Å². The van der Waals surface area contributed by atoms with Crippen molar-refractivity contribution < 1.29 is 25.5 Å². The van der Waals surface area contributed by atoms with Crippen LogP contribution in [0.1, 0.15) is 46.0 Å². The third kappa shape index (κ3) is 6.81. The number of ether oxygens (including phenoxy) is 2. The van der Waals surface area contributed by atoms with Crippen LogP contribution in [0.4, 0.5) is 11.6 Å². The molecule has 3 heterocycles. The summed E-state index contributed by atoms with van der Waals surface area (Å²) in [5.74, 6) is -0.309. The first-order chi connectivity index (χ1) is 18.5. The highest BCUT2D eigenvalue weighted by molar-refractivity contribution is 7.92. The van der Waals surface area contributed by atoms with Crippen molar-refractivity contribution in [3.05, 3.63) is 65.9 Å². The summed E-state index contributed by atoms with van der Waals surface area (Å²) in [6, 6.07) is 13.9. The maximum absolute atomic E-state index is 13.7. The van der Waals surface area contributed by atoms with Crippen LogP contribution < -0.4 is 10.6 Å². The molecule has 1 aliphatic rings. The maximum atomic E-state index is 13.7. The van der Waals surface area contributed by atoms with Crippen molar-refractivity contribution in [3.63, 3.8) is 0 Å². The number of aromatic nitrogens is 2. The Labute approximate surface area is 233 Å². The fraction of sp³-hybridized carbons (Fsp3) is 0.414. The van der Waals surface area contributed by atoms with Crippen LogP contribution in [0.5, 0.6) is 0 Å². The molecule has 0 radical (unpaired) electrons. The topological polar surface area (TPSA) is 125 Å². The Balaban J connectivity index is 0.00000294. The quantitative estimate of drug-likeness (QED) is 0.265. The van der Waals surface area contributed by atoms with E-state index in [1.807, 2.05) is 24.3 Å². The van der Waals surface area contributed by atoms with Gasteiger partial charge in [0.25, 0.3) is 0 Å². The van der Waals surface area contributed by atoms with Crippen molar-refractivity contribution in [2.75, 3.05) is 43.3 Å². The van der Waals surface area contributed by atoms with E-state index >= 15 is 0 Å². The largest absolute Gasteiger partial charge is 0.384 e. The first-order valence-electron chi connectivity index (χ1n) is 12.9. The molecule has 10 heteroatoms. The molecule has 2 N–H and O–H groups in total. The summed E-state index contributed by atoms with van der Waals surface area (Å²) in [5.41, 5.74) is 8.25. The lowest BCUT2D eigenvalue weighted by molar-refractivity contribution is 0.0617. The number of anilines is 2. The fourth-order valence-electron chi connectivity index (χ4n) is 5.10. The minimum absolute atomic E-state index is 0. The second-order valence-corrected chi connectivity index (χ2v) is 12.6. The number of hydrogen-bond donors (Lipinski definition) is 1. The zero-order chi connectivity index (χ0) is 28.2. The third-order valence-corrected chi connectivity index (χ3v) is 8.35. The van der Waals surface area contributed by atoms with Crippen LogP contribution >= 0.6 is 0 Å². The molecule has 3 aromatic rings. The van der Waals surface area contributed by atoms with E-state index in [1.165, 1.54) is 18.2 Å². The number of ketones is 1. The van der Waals surface area contributed by atoms with Gasteiger partial charge in [-0.1, -0.05) is 31.2 Å². The number of methoxy groups -OCH3 is 1. The van der Waals surface area contributed by atoms with Gasteiger partial charge >= 0.3 is 0 Å². The zero-order valence-corrected chi connectivity index (χ0v) is 23.7. The molecule has 1 fully saturated rings. The SMILES string of the molecule is COCCOCc1cccc(-c2cnc(N3CC(C)CC3(C)C)c(C(=O)CS(=O)(=O)c3cccc(N)n3)c2)c1.[HH].[HH]. The average Bonchev–Trinajstić information content (AvgIpc) is 3.17. The number of nitrogen functional groups attached to an aromatic ring is 1. The van der Waals surface area contributed by atoms with E-state index in [9.17, 15) is 13.2 Å². The Kier molecular flexibility index (Phi) is 8.68. The van der Waals surface area contributed by atoms with Crippen LogP contribution in [0.3, 0.4) is 0 Å². The van der Waals surface area contributed by atoms with Crippen molar-refractivity contribution >= 4 is 27.3 Å². The molecule has 1 saturated heterocycles. The Morgan fingerprint density at radius 2 is 1.92 bits per heavy atom. The second kappa shape index (κ2) is 11.8. The predicted octanol–water partition coefficient (Wildman–Crippen LogP) is 4.66. The normalized spacial score (nSPS) is 16.9. The van der Waals surface area contributed by atoms with E-state index in [0.29, 0.717) is 37.1 Å². The highest BCUT2D eigenvalue weighted by Gasteiger charge is 2.39. The molecule has 2 aromatic heterocycles. The van der Waals surface area contributed by atoms with Crippen LogP contribution in [-0.2, 0) is 25.9 Å². The molecule has 0 amide bonds. The lowest BCUT2D eigenvalue weighted by atomic mass is 9.97. The molecular weight excluding hydrogens is 516 g/mol. The van der Waals surface area contributed by atoms with E-state index in [1.54, 1.807) is 19.4 Å². The van der Waals surface area contributed by atoms with E-state index in [4.69, 9.17) is 20.2 Å². The van der Waals surface area contributed by atoms with Gasteiger partial charge in [-0.05, 0) is 61.6 Å². The molecule has 9 nitrogen and oxygen atoms in total. The van der Waals surface area contributed by atoms with Crippen molar-refractivity contribution in [1.29, 1.82) is 0 Å². The summed E-state index contributed by atoms with van der Waals surface area (Å²) < 4.78 is 36.9. The van der Waals surface area contributed by atoms with E-state index in [2.05, 4.69) is 30.7 Å². The molecule has 1 atom stereocenters. The summed E-state index contributed by atoms with van der Waals surface area (Å²) in [6.07, 6.45) is 2.67. The van der Waals surface area contributed by atoms with Crippen LogP contribution in [0.2, 0.25) is 0 Å². The lowest BCUT2D eigenvalue weighted by Gasteiger charge is -2.34. The molecule has 1 aliphatic heterocycles. The molecule has 1 unspecified atom stereocenters. The Hall–Kier alpha value is -3.34.